The number of aromatic nitrogens is 2. The van der Waals surface area contributed by atoms with Crippen LogP contribution in [-0.2, 0) is 20.0 Å². The Bertz CT molecular complexity index is 835. The number of rotatable bonds is 4. The summed E-state index contributed by atoms with van der Waals surface area (Å²) in [6.07, 6.45) is 6.06. The first-order valence-electron chi connectivity index (χ1n) is 8.70. The van der Waals surface area contributed by atoms with Gasteiger partial charge in [0, 0.05) is 45.5 Å². The molecule has 0 amide bonds. The Hall–Kier alpha value is -2.88. The van der Waals surface area contributed by atoms with Gasteiger partial charge in [0.15, 0.2) is 5.96 Å². The number of benzene rings is 1. The zero-order valence-corrected chi connectivity index (χ0v) is 15.1. The number of hydrogen-bond acceptors (Lipinski definition) is 3. The molecule has 3 rings (SSSR count). The minimum absolute atomic E-state index is 0.303. The number of nitrogens with one attached hydrogen (secondary N) is 1. The molecule has 26 heavy (non-hydrogen) atoms. The van der Waals surface area contributed by atoms with E-state index in [1.165, 1.54) is 17.7 Å². The van der Waals surface area contributed by atoms with Crippen molar-refractivity contribution in [3.05, 3.63) is 53.1 Å². The van der Waals surface area contributed by atoms with Crippen molar-refractivity contribution >= 4 is 5.96 Å². The van der Waals surface area contributed by atoms with Crippen LogP contribution in [0.5, 0.6) is 0 Å². The lowest BCUT2D eigenvalue weighted by Crippen LogP contribution is -2.39. The van der Waals surface area contributed by atoms with Crippen LogP contribution >= 0.6 is 0 Å². The molecule has 0 radical (unpaired) electrons. The number of aliphatic imine (C=N–C) groups is 1. The van der Waals surface area contributed by atoms with Crippen molar-refractivity contribution in [2.75, 3.05) is 20.1 Å². The van der Waals surface area contributed by atoms with Gasteiger partial charge < -0.3 is 10.2 Å². The Morgan fingerprint density at radius 3 is 3.04 bits per heavy atom. The summed E-state index contributed by atoms with van der Waals surface area (Å²) in [5.41, 5.74) is 2.17. The highest BCUT2D eigenvalue weighted by Gasteiger charge is 2.25. The summed E-state index contributed by atoms with van der Waals surface area (Å²) in [4.78, 5) is 6.53. The topological polar surface area (TPSA) is 69.2 Å². The van der Waals surface area contributed by atoms with E-state index >= 15 is 0 Å². The molecule has 2 aromatic rings. The molecule has 1 atom stereocenters. The average molecular weight is 354 g/mol. The molecule has 0 spiro atoms. The van der Waals surface area contributed by atoms with E-state index < -0.39 is 0 Å². The molecule has 1 aromatic heterocycles. The summed E-state index contributed by atoms with van der Waals surface area (Å²) in [6.45, 7) is 2.14. The van der Waals surface area contributed by atoms with Crippen LogP contribution in [0.1, 0.15) is 23.1 Å². The van der Waals surface area contributed by atoms with Gasteiger partial charge in [0.2, 0.25) is 0 Å². The number of nitrogens with zero attached hydrogens (tertiary/aromatic N) is 5. The maximum absolute atomic E-state index is 13.9. The van der Waals surface area contributed by atoms with Crippen LogP contribution in [-0.4, -0.2) is 40.8 Å². The third-order valence-corrected chi connectivity index (χ3v) is 4.69. The van der Waals surface area contributed by atoms with E-state index in [1.807, 2.05) is 24.0 Å². The quantitative estimate of drug-likeness (QED) is 0.674. The fraction of sp³-hybridized carbons (Fsp3) is 0.421. The number of aryl methyl sites for hydroxylation is 1. The molecular weight excluding hydrogens is 331 g/mol. The second-order valence-electron chi connectivity index (χ2n) is 6.65. The molecule has 0 saturated carbocycles. The molecule has 1 aliphatic heterocycles. The molecular formula is C19H23FN6. The van der Waals surface area contributed by atoms with Gasteiger partial charge in [-0.05, 0) is 42.5 Å². The van der Waals surface area contributed by atoms with E-state index in [0.29, 0.717) is 23.6 Å². The van der Waals surface area contributed by atoms with Crippen molar-refractivity contribution in [1.29, 1.82) is 5.26 Å². The summed E-state index contributed by atoms with van der Waals surface area (Å²) in [5.74, 6) is 1.000. The molecule has 1 aliphatic rings. The lowest BCUT2D eigenvalue weighted by molar-refractivity contribution is 0.458. The maximum atomic E-state index is 13.9. The Balaban J connectivity index is 1.57. The van der Waals surface area contributed by atoms with Crippen LogP contribution in [0.25, 0.3) is 0 Å². The van der Waals surface area contributed by atoms with E-state index in [-0.39, 0.29) is 5.82 Å². The van der Waals surface area contributed by atoms with Crippen molar-refractivity contribution in [3.63, 3.8) is 0 Å². The minimum Gasteiger partial charge on any atom is -0.352 e. The Kier molecular flexibility index (Phi) is 5.52. The van der Waals surface area contributed by atoms with Crippen LogP contribution in [0.2, 0.25) is 0 Å². The fourth-order valence-corrected chi connectivity index (χ4v) is 3.39. The summed E-state index contributed by atoms with van der Waals surface area (Å²) in [7, 11) is 3.66. The fourth-order valence-electron chi connectivity index (χ4n) is 3.39. The lowest BCUT2D eigenvalue weighted by Gasteiger charge is -2.22. The van der Waals surface area contributed by atoms with Crippen molar-refractivity contribution in [2.45, 2.75) is 19.4 Å². The standard InChI is InChI=1S/C19H23FN6/c1-22-19(23-11-17-8-14(9-21)3-4-18(17)20)26-6-5-15(13-26)7-16-10-24-25(2)12-16/h3-4,8,10,12,15H,5-7,11,13H2,1-2H3,(H,22,23). The van der Waals surface area contributed by atoms with Gasteiger partial charge in [0.1, 0.15) is 5.82 Å². The third-order valence-electron chi connectivity index (χ3n) is 4.69. The maximum Gasteiger partial charge on any atom is 0.193 e. The van der Waals surface area contributed by atoms with Gasteiger partial charge in [-0.25, -0.2) is 4.39 Å². The van der Waals surface area contributed by atoms with E-state index in [2.05, 4.69) is 26.5 Å². The molecule has 6 nitrogen and oxygen atoms in total. The minimum atomic E-state index is -0.317. The van der Waals surface area contributed by atoms with Crippen molar-refractivity contribution in [3.8, 4) is 6.07 Å². The first-order valence-corrected chi connectivity index (χ1v) is 8.70. The summed E-state index contributed by atoms with van der Waals surface area (Å²) in [6, 6.07) is 6.43. The van der Waals surface area contributed by atoms with Gasteiger partial charge in [0.25, 0.3) is 0 Å². The van der Waals surface area contributed by atoms with Gasteiger partial charge in [-0.1, -0.05) is 0 Å². The average Bonchev–Trinajstić information content (AvgIpc) is 3.26. The molecule has 7 heteroatoms. The molecule has 1 unspecified atom stereocenters. The van der Waals surface area contributed by atoms with Crippen LogP contribution < -0.4 is 5.32 Å². The van der Waals surface area contributed by atoms with Gasteiger partial charge in [0.05, 0.1) is 17.8 Å². The Morgan fingerprint density at radius 2 is 2.35 bits per heavy atom. The van der Waals surface area contributed by atoms with Gasteiger partial charge in [-0.2, -0.15) is 10.4 Å². The molecule has 1 saturated heterocycles. The summed E-state index contributed by atoms with van der Waals surface area (Å²) >= 11 is 0. The largest absolute Gasteiger partial charge is 0.352 e. The monoisotopic (exact) mass is 354 g/mol. The predicted octanol–water partition coefficient (Wildman–Crippen LogP) is 2.07. The first kappa shape index (κ1) is 17.9. The highest BCUT2D eigenvalue weighted by atomic mass is 19.1. The van der Waals surface area contributed by atoms with Gasteiger partial charge >= 0.3 is 0 Å². The summed E-state index contributed by atoms with van der Waals surface area (Å²) in [5, 5.41) is 16.4. The first-order chi connectivity index (χ1) is 12.6. The second kappa shape index (κ2) is 8.00. The van der Waals surface area contributed by atoms with Crippen molar-refractivity contribution in [1.82, 2.24) is 20.0 Å². The van der Waals surface area contributed by atoms with Gasteiger partial charge in [-0.3, -0.25) is 9.67 Å². The van der Waals surface area contributed by atoms with Crippen molar-refractivity contribution in [2.24, 2.45) is 18.0 Å². The highest BCUT2D eigenvalue weighted by Crippen LogP contribution is 2.21. The molecule has 2 heterocycles. The molecule has 1 fully saturated rings. The second-order valence-corrected chi connectivity index (χ2v) is 6.65. The zero-order valence-electron chi connectivity index (χ0n) is 15.1. The van der Waals surface area contributed by atoms with Crippen LogP contribution in [0, 0.1) is 23.1 Å². The lowest BCUT2D eigenvalue weighted by atomic mass is 10.0. The molecule has 0 bridgehead atoms. The van der Waals surface area contributed by atoms with E-state index in [9.17, 15) is 4.39 Å². The smallest absolute Gasteiger partial charge is 0.193 e. The highest BCUT2D eigenvalue weighted by molar-refractivity contribution is 5.80. The predicted molar refractivity (Wildman–Crippen MR) is 97.9 cm³/mol. The number of halogens is 1. The third kappa shape index (κ3) is 4.20. The molecule has 1 N–H and O–H groups in total. The van der Waals surface area contributed by atoms with E-state index in [4.69, 9.17) is 5.26 Å². The van der Waals surface area contributed by atoms with Crippen LogP contribution in [0.3, 0.4) is 0 Å². The zero-order chi connectivity index (χ0) is 18.5. The molecule has 0 aliphatic carbocycles. The number of nitriles is 1. The Morgan fingerprint density at radius 1 is 1.50 bits per heavy atom. The van der Waals surface area contributed by atoms with Crippen molar-refractivity contribution < 1.29 is 4.39 Å². The number of likely N-dealkylation sites (tertiary alicyclic amines) is 1. The van der Waals surface area contributed by atoms with E-state index in [1.54, 1.807) is 13.1 Å². The number of guanidine groups is 1. The molecule has 136 valence electrons. The molecule has 1 aromatic carbocycles. The number of hydrogen-bond donors (Lipinski definition) is 1. The van der Waals surface area contributed by atoms with E-state index in [0.717, 1.165) is 31.9 Å². The van der Waals surface area contributed by atoms with Crippen LogP contribution in [0.4, 0.5) is 4.39 Å². The normalized spacial score (nSPS) is 17.4. The Labute approximate surface area is 153 Å². The van der Waals surface area contributed by atoms with Gasteiger partial charge in [-0.15, -0.1) is 0 Å². The summed E-state index contributed by atoms with van der Waals surface area (Å²) < 4.78 is 15.8. The SMILES string of the molecule is CN=C(NCc1cc(C#N)ccc1F)N1CCC(Cc2cnn(C)c2)C1. The van der Waals surface area contributed by atoms with Crippen LogP contribution in [0.15, 0.2) is 35.6 Å².